The number of fused-ring (bicyclic) bond motifs is 1. The number of hydrogen-bond donors (Lipinski definition) is 4. The van der Waals surface area contributed by atoms with Crippen molar-refractivity contribution in [1.29, 1.82) is 0 Å². The first-order valence-electron chi connectivity index (χ1n) is 5.73. The monoisotopic (exact) mass is 258 g/mol. The first kappa shape index (κ1) is 12.9. The van der Waals surface area contributed by atoms with Gasteiger partial charge in [-0.15, -0.1) is 6.58 Å². The van der Waals surface area contributed by atoms with Gasteiger partial charge in [0.05, 0.1) is 18.7 Å². The molecule has 1 saturated heterocycles. The van der Waals surface area contributed by atoms with Crippen molar-refractivity contribution in [1.82, 2.24) is 5.32 Å². The number of aliphatic hydroxyl groups excluding tert-OH is 3. The lowest BCUT2D eigenvalue weighted by molar-refractivity contribution is -0.0680. The third-order valence-corrected chi connectivity index (χ3v) is 4.55. The van der Waals surface area contributed by atoms with Crippen LogP contribution in [-0.2, 0) is 0 Å². The molecule has 17 heavy (non-hydrogen) atoms. The smallest absolute Gasteiger partial charge is 0.157 e. The zero-order valence-corrected chi connectivity index (χ0v) is 10.3. The second kappa shape index (κ2) is 5.39. The second-order valence-electron chi connectivity index (χ2n) is 4.42. The summed E-state index contributed by atoms with van der Waals surface area (Å²) in [6.45, 7) is 4.04. The van der Waals surface area contributed by atoms with E-state index in [0.717, 1.165) is 5.17 Å². The number of aliphatic hydroxyl groups is 3. The number of hydrogen-bond acceptors (Lipinski definition) is 5. The van der Waals surface area contributed by atoms with Crippen LogP contribution in [0.5, 0.6) is 0 Å². The van der Waals surface area contributed by atoms with Gasteiger partial charge in [-0.1, -0.05) is 17.8 Å². The maximum Gasteiger partial charge on any atom is 0.157 e. The zero-order chi connectivity index (χ0) is 12.4. The van der Waals surface area contributed by atoms with Crippen LogP contribution in [0.1, 0.15) is 6.42 Å². The summed E-state index contributed by atoms with van der Waals surface area (Å²) in [5.74, 6) is -0.251. The summed E-state index contributed by atoms with van der Waals surface area (Å²) in [6, 6.07) is -0.179. The van der Waals surface area contributed by atoms with E-state index < -0.39 is 12.2 Å². The zero-order valence-electron chi connectivity index (χ0n) is 9.49. The molecule has 1 saturated carbocycles. The van der Waals surface area contributed by atoms with Crippen LogP contribution < -0.4 is 5.32 Å². The summed E-state index contributed by atoms with van der Waals surface area (Å²) in [5, 5.41) is 33.0. The third kappa shape index (κ3) is 2.49. The van der Waals surface area contributed by atoms with Crippen LogP contribution >= 0.6 is 11.8 Å². The van der Waals surface area contributed by atoms with Crippen molar-refractivity contribution < 1.29 is 15.3 Å². The maximum atomic E-state index is 9.98. The van der Waals surface area contributed by atoms with Crippen molar-refractivity contribution >= 4 is 16.9 Å². The molecule has 1 aliphatic heterocycles. The summed E-state index contributed by atoms with van der Waals surface area (Å²) in [4.78, 5) is 4.27. The van der Waals surface area contributed by atoms with Crippen molar-refractivity contribution in [3.8, 4) is 0 Å². The molecule has 0 spiro atoms. The fraction of sp³-hybridized carbons (Fsp3) is 0.727. The number of thioether (sulfide) groups is 1. The fourth-order valence-electron chi connectivity index (χ4n) is 2.33. The predicted octanol–water partition coefficient (Wildman–Crippen LogP) is -0.664. The van der Waals surface area contributed by atoms with Crippen LogP contribution in [0.25, 0.3) is 0 Å². The van der Waals surface area contributed by atoms with E-state index in [4.69, 9.17) is 5.11 Å². The van der Waals surface area contributed by atoms with Gasteiger partial charge in [0.15, 0.2) is 5.17 Å². The van der Waals surface area contributed by atoms with Crippen molar-refractivity contribution in [2.24, 2.45) is 10.9 Å². The average Bonchev–Trinajstić information content (AvgIpc) is 2.74. The van der Waals surface area contributed by atoms with E-state index in [2.05, 4.69) is 16.9 Å². The minimum absolute atomic E-state index is 0.0961. The van der Waals surface area contributed by atoms with Gasteiger partial charge >= 0.3 is 0 Å². The lowest BCUT2D eigenvalue weighted by Crippen LogP contribution is -2.56. The molecule has 96 valence electrons. The van der Waals surface area contributed by atoms with Crippen molar-refractivity contribution in [2.75, 3.05) is 13.2 Å². The van der Waals surface area contributed by atoms with Gasteiger partial charge in [0, 0.05) is 17.8 Å². The van der Waals surface area contributed by atoms with Gasteiger partial charge in [-0.3, -0.25) is 4.99 Å². The van der Waals surface area contributed by atoms with Gasteiger partial charge in [-0.2, -0.15) is 0 Å². The van der Waals surface area contributed by atoms with E-state index >= 15 is 0 Å². The van der Waals surface area contributed by atoms with E-state index in [9.17, 15) is 10.2 Å². The van der Waals surface area contributed by atoms with Crippen LogP contribution in [0.3, 0.4) is 0 Å². The third-order valence-electron chi connectivity index (χ3n) is 3.29. The Morgan fingerprint density at radius 3 is 2.88 bits per heavy atom. The first-order valence-corrected chi connectivity index (χ1v) is 6.61. The highest BCUT2D eigenvalue weighted by Gasteiger charge is 2.47. The standard InChI is InChI=1S/C11H18N2O3S/c1-2-3-12-11-13-8-7(17-11)4-6(5-14)9(15)10(8)16/h2,6-10,14-16H,1,3-5H2,(H,12,13)/t6-,7+,8+,9-,10-/m1/s1. The van der Waals surface area contributed by atoms with Crippen LogP contribution in [0.4, 0.5) is 0 Å². The van der Waals surface area contributed by atoms with Gasteiger partial charge < -0.3 is 20.6 Å². The summed E-state index contributed by atoms with van der Waals surface area (Å²) >= 11 is 1.57. The fourth-order valence-corrected chi connectivity index (χ4v) is 3.69. The number of rotatable bonds is 3. The lowest BCUT2D eigenvalue weighted by atomic mass is 9.81. The minimum Gasteiger partial charge on any atom is -0.396 e. The molecule has 0 bridgehead atoms. The number of nitrogens with zero attached hydrogens (tertiary/aromatic N) is 1. The Morgan fingerprint density at radius 1 is 1.47 bits per heavy atom. The molecule has 2 rings (SSSR count). The molecular formula is C11H18N2O3S. The molecule has 1 heterocycles. The molecule has 4 N–H and O–H groups in total. The molecule has 0 radical (unpaired) electrons. The predicted molar refractivity (Wildman–Crippen MR) is 68.0 cm³/mol. The summed E-state index contributed by atoms with van der Waals surface area (Å²) in [7, 11) is 0. The summed E-state index contributed by atoms with van der Waals surface area (Å²) < 4.78 is 0. The van der Waals surface area contributed by atoms with Crippen LogP contribution in [0.2, 0.25) is 0 Å². The summed E-state index contributed by atoms with van der Waals surface area (Å²) in [5.41, 5.74) is 0. The SMILES string of the molecule is C=CCN=C1N[C@@H]2[C@@H](O)[C@H](O)[C@@H](CO)C[C@@H]2S1. The number of nitrogens with one attached hydrogen (secondary N) is 1. The Kier molecular flexibility index (Phi) is 4.09. The molecular weight excluding hydrogens is 240 g/mol. The Bertz CT molecular complexity index is 324. The largest absolute Gasteiger partial charge is 0.396 e. The molecule has 0 aromatic carbocycles. The quantitative estimate of drug-likeness (QED) is 0.505. The van der Waals surface area contributed by atoms with Crippen LogP contribution in [-0.4, -0.2) is 57.1 Å². The molecule has 0 aromatic heterocycles. The molecule has 5 atom stereocenters. The number of aliphatic imine (C=N–C) groups is 1. The normalized spacial score (nSPS) is 43.2. The van der Waals surface area contributed by atoms with E-state index in [-0.39, 0.29) is 23.8 Å². The van der Waals surface area contributed by atoms with Gasteiger partial charge in [-0.25, -0.2) is 0 Å². The molecule has 5 nitrogen and oxygen atoms in total. The highest BCUT2D eigenvalue weighted by atomic mass is 32.2. The summed E-state index contributed by atoms with van der Waals surface area (Å²) in [6.07, 6.45) is 0.673. The van der Waals surface area contributed by atoms with Crippen molar-refractivity contribution in [3.05, 3.63) is 12.7 Å². The minimum atomic E-state index is -0.867. The Hall–Kier alpha value is -0.560. The maximum absolute atomic E-state index is 9.98. The molecule has 0 amide bonds. The van der Waals surface area contributed by atoms with Gasteiger partial charge in [-0.05, 0) is 6.42 Å². The molecule has 0 unspecified atom stereocenters. The lowest BCUT2D eigenvalue weighted by Gasteiger charge is -2.37. The van der Waals surface area contributed by atoms with Gasteiger partial charge in [0.1, 0.15) is 6.10 Å². The van der Waals surface area contributed by atoms with Gasteiger partial charge in [0.2, 0.25) is 0 Å². The molecule has 0 aromatic rings. The van der Waals surface area contributed by atoms with Crippen molar-refractivity contribution in [3.63, 3.8) is 0 Å². The van der Waals surface area contributed by atoms with Crippen LogP contribution in [0.15, 0.2) is 17.6 Å². The Labute approximate surface area is 105 Å². The average molecular weight is 258 g/mol. The van der Waals surface area contributed by atoms with E-state index in [1.807, 2.05) is 0 Å². The van der Waals surface area contributed by atoms with Gasteiger partial charge in [0.25, 0.3) is 0 Å². The molecule has 6 heteroatoms. The Morgan fingerprint density at radius 2 is 2.24 bits per heavy atom. The topological polar surface area (TPSA) is 85.1 Å². The van der Waals surface area contributed by atoms with E-state index in [0.29, 0.717) is 13.0 Å². The highest BCUT2D eigenvalue weighted by molar-refractivity contribution is 8.14. The highest BCUT2D eigenvalue weighted by Crippen LogP contribution is 2.37. The molecule has 2 aliphatic rings. The van der Waals surface area contributed by atoms with E-state index in [1.54, 1.807) is 17.8 Å². The molecule has 2 fully saturated rings. The molecule has 1 aliphatic carbocycles. The van der Waals surface area contributed by atoms with E-state index in [1.165, 1.54) is 0 Å². The second-order valence-corrected chi connectivity index (χ2v) is 5.65. The first-order chi connectivity index (χ1) is 8.17. The number of amidine groups is 1. The van der Waals surface area contributed by atoms with Crippen molar-refractivity contribution in [2.45, 2.75) is 29.9 Å². The van der Waals surface area contributed by atoms with Crippen LogP contribution in [0, 0.1) is 5.92 Å². The Balaban J connectivity index is 2.07.